The normalized spacial score (nSPS) is 19.1. The second-order valence-electron chi connectivity index (χ2n) is 5.59. The van der Waals surface area contributed by atoms with E-state index in [1.54, 1.807) is 11.8 Å². The van der Waals surface area contributed by atoms with Gasteiger partial charge in [-0.2, -0.15) is 0 Å². The number of nitrogen functional groups attached to an aromatic ring is 1. The number of aryl methyl sites for hydroxylation is 1. The summed E-state index contributed by atoms with van der Waals surface area (Å²) in [6, 6.07) is 0. The van der Waals surface area contributed by atoms with Gasteiger partial charge in [0, 0.05) is 10.1 Å². The second kappa shape index (κ2) is 4.94. The van der Waals surface area contributed by atoms with Crippen LogP contribution in [0.3, 0.4) is 0 Å². The fourth-order valence-electron chi connectivity index (χ4n) is 2.61. The maximum Gasteiger partial charge on any atom is 0.191 e. The summed E-state index contributed by atoms with van der Waals surface area (Å²) in [6.07, 6.45) is 3.55. The van der Waals surface area contributed by atoms with Crippen LogP contribution in [-0.2, 0) is 12.8 Å². The zero-order valence-electron chi connectivity index (χ0n) is 11.6. The van der Waals surface area contributed by atoms with Crippen molar-refractivity contribution in [2.45, 2.75) is 50.4 Å². The van der Waals surface area contributed by atoms with Gasteiger partial charge in [-0.1, -0.05) is 32.5 Å². The molecule has 1 aliphatic carbocycles. The van der Waals surface area contributed by atoms with E-state index in [9.17, 15) is 0 Å². The number of hydrogen-bond acceptors (Lipinski definition) is 5. The number of aromatic nitrogens is 2. The minimum Gasteiger partial charge on any atom is -0.383 e. The summed E-state index contributed by atoms with van der Waals surface area (Å²) in [7, 11) is 0. The van der Waals surface area contributed by atoms with E-state index in [4.69, 9.17) is 10.7 Å². The van der Waals surface area contributed by atoms with Crippen LogP contribution >= 0.6 is 23.1 Å². The number of anilines is 1. The van der Waals surface area contributed by atoms with Gasteiger partial charge in [0.15, 0.2) is 5.16 Å². The monoisotopic (exact) mass is 293 g/mol. The molecule has 0 radical (unpaired) electrons. The first kappa shape index (κ1) is 13.2. The third-order valence-corrected chi connectivity index (χ3v) is 5.52. The van der Waals surface area contributed by atoms with Crippen molar-refractivity contribution >= 4 is 39.1 Å². The molecule has 0 saturated heterocycles. The largest absolute Gasteiger partial charge is 0.383 e. The van der Waals surface area contributed by atoms with Crippen molar-refractivity contribution in [3.05, 3.63) is 10.4 Å². The van der Waals surface area contributed by atoms with Crippen LogP contribution in [0, 0.1) is 5.92 Å². The molecule has 5 heteroatoms. The van der Waals surface area contributed by atoms with Gasteiger partial charge in [-0.25, -0.2) is 9.97 Å². The Hall–Kier alpha value is -0.810. The topological polar surface area (TPSA) is 51.8 Å². The lowest BCUT2D eigenvalue weighted by atomic mass is 9.89. The number of hydrogen-bond donors (Lipinski definition) is 1. The second-order valence-corrected chi connectivity index (χ2v) is 8.22. The van der Waals surface area contributed by atoms with Crippen molar-refractivity contribution in [1.82, 2.24) is 9.97 Å². The van der Waals surface area contributed by atoms with Crippen LogP contribution in [0.4, 0.5) is 5.82 Å². The van der Waals surface area contributed by atoms with Gasteiger partial charge in [-0.15, -0.1) is 11.3 Å². The highest BCUT2D eigenvalue weighted by Crippen LogP contribution is 2.40. The van der Waals surface area contributed by atoms with Crippen LogP contribution in [0.2, 0.25) is 0 Å². The zero-order valence-corrected chi connectivity index (χ0v) is 13.2. The fraction of sp³-hybridized carbons (Fsp3) is 0.571. The number of fused-ring (bicyclic) bond motifs is 3. The molecule has 0 aromatic carbocycles. The molecule has 0 aliphatic heterocycles. The molecule has 2 N–H and O–H groups in total. The van der Waals surface area contributed by atoms with Crippen LogP contribution in [0.15, 0.2) is 5.16 Å². The van der Waals surface area contributed by atoms with E-state index >= 15 is 0 Å². The fourth-order valence-corrected chi connectivity index (χ4v) is 4.78. The molecule has 3 rings (SSSR count). The first-order valence-corrected chi connectivity index (χ1v) is 8.48. The molecule has 1 atom stereocenters. The van der Waals surface area contributed by atoms with Crippen LogP contribution in [0.1, 0.15) is 37.6 Å². The number of nitrogens with zero attached hydrogens (tertiary/aromatic N) is 2. The van der Waals surface area contributed by atoms with Crippen LogP contribution in [0.25, 0.3) is 10.2 Å². The summed E-state index contributed by atoms with van der Waals surface area (Å²) in [6.45, 7) is 6.62. The molecule has 1 aliphatic rings. The Morgan fingerprint density at radius 3 is 2.89 bits per heavy atom. The highest BCUT2D eigenvalue weighted by Gasteiger charge is 2.23. The maximum absolute atomic E-state index is 6.18. The van der Waals surface area contributed by atoms with Gasteiger partial charge in [-0.3, -0.25) is 0 Å². The van der Waals surface area contributed by atoms with Gasteiger partial charge in [0.25, 0.3) is 0 Å². The summed E-state index contributed by atoms with van der Waals surface area (Å²) in [5.41, 5.74) is 7.59. The minimum absolute atomic E-state index is 0.478. The van der Waals surface area contributed by atoms with Crippen molar-refractivity contribution in [2.24, 2.45) is 5.92 Å². The molecule has 2 aromatic rings. The van der Waals surface area contributed by atoms with E-state index in [0.29, 0.717) is 11.1 Å². The molecular weight excluding hydrogens is 274 g/mol. The Balaban J connectivity index is 2.11. The van der Waals surface area contributed by atoms with E-state index < -0.39 is 0 Å². The van der Waals surface area contributed by atoms with E-state index in [1.807, 2.05) is 11.3 Å². The molecule has 0 spiro atoms. The Bertz CT molecular complexity index is 619. The Morgan fingerprint density at radius 2 is 2.16 bits per heavy atom. The molecule has 0 fully saturated rings. The number of thioether (sulfide) groups is 1. The van der Waals surface area contributed by atoms with E-state index in [0.717, 1.165) is 27.7 Å². The van der Waals surface area contributed by atoms with Crippen molar-refractivity contribution in [3.63, 3.8) is 0 Å². The molecule has 0 saturated carbocycles. The number of thiophene rings is 1. The minimum atomic E-state index is 0.478. The third-order valence-electron chi connectivity index (χ3n) is 3.50. The first-order valence-electron chi connectivity index (χ1n) is 6.79. The van der Waals surface area contributed by atoms with E-state index in [-0.39, 0.29) is 0 Å². The smallest absolute Gasteiger partial charge is 0.191 e. The van der Waals surface area contributed by atoms with Crippen LogP contribution in [0.5, 0.6) is 0 Å². The maximum atomic E-state index is 6.18. The molecular formula is C14H19N3S2. The zero-order chi connectivity index (χ0) is 13.6. The van der Waals surface area contributed by atoms with Gasteiger partial charge in [0.1, 0.15) is 10.6 Å². The Kier molecular flexibility index (Phi) is 3.43. The highest BCUT2D eigenvalue weighted by molar-refractivity contribution is 7.99. The lowest BCUT2D eigenvalue weighted by Gasteiger charge is -2.17. The molecule has 19 heavy (non-hydrogen) atoms. The summed E-state index contributed by atoms with van der Waals surface area (Å²) in [4.78, 5) is 11.7. The van der Waals surface area contributed by atoms with Crippen LogP contribution in [-0.4, -0.2) is 15.2 Å². The van der Waals surface area contributed by atoms with E-state index in [2.05, 4.69) is 25.8 Å². The average molecular weight is 293 g/mol. The Labute approximate surface area is 122 Å². The highest BCUT2D eigenvalue weighted by atomic mass is 32.2. The van der Waals surface area contributed by atoms with Gasteiger partial charge < -0.3 is 5.73 Å². The summed E-state index contributed by atoms with van der Waals surface area (Å²) < 4.78 is 0. The van der Waals surface area contributed by atoms with Gasteiger partial charge in [-0.05, 0) is 30.7 Å². The summed E-state index contributed by atoms with van der Waals surface area (Å²) >= 11 is 3.49. The summed E-state index contributed by atoms with van der Waals surface area (Å²) in [5, 5.41) is 2.41. The first-order chi connectivity index (χ1) is 9.04. The molecule has 0 bridgehead atoms. The van der Waals surface area contributed by atoms with Crippen LogP contribution < -0.4 is 5.73 Å². The van der Waals surface area contributed by atoms with Crippen molar-refractivity contribution in [3.8, 4) is 0 Å². The summed E-state index contributed by atoms with van der Waals surface area (Å²) in [5.74, 6) is 1.44. The van der Waals surface area contributed by atoms with Gasteiger partial charge in [0.05, 0.1) is 5.39 Å². The Morgan fingerprint density at radius 1 is 1.37 bits per heavy atom. The third kappa shape index (κ3) is 2.46. The molecule has 3 nitrogen and oxygen atoms in total. The van der Waals surface area contributed by atoms with Crippen molar-refractivity contribution in [2.75, 3.05) is 5.73 Å². The SMILES string of the molecule is CC(C)Sc1nc(N)c2c3c(sc2n1)C[C@@H](C)CC3. The average Bonchev–Trinajstić information content (AvgIpc) is 2.65. The number of rotatable bonds is 2. The predicted octanol–water partition coefficient (Wildman–Crippen LogP) is 3.90. The van der Waals surface area contributed by atoms with E-state index in [1.165, 1.54) is 23.3 Å². The lowest BCUT2D eigenvalue weighted by Crippen LogP contribution is -2.09. The molecule has 2 heterocycles. The van der Waals surface area contributed by atoms with Crippen molar-refractivity contribution < 1.29 is 0 Å². The van der Waals surface area contributed by atoms with Crippen molar-refractivity contribution in [1.29, 1.82) is 0 Å². The number of nitrogens with two attached hydrogens (primary N) is 1. The van der Waals surface area contributed by atoms with Gasteiger partial charge >= 0.3 is 0 Å². The molecule has 0 amide bonds. The standard InChI is InChI=1S/C14H19N3S2/c1-7(2)18-14-16-12(15)11-9-5-4-8(3)6-10(9)19-13(11)17-14/h7-8H,4-6H2,1-3H3,(H2,15,16,17)/t8-/m0/s1. The lowest BCUT2D eigenvalue weighted by molar-refractivity contribution is 0.509. The quantitative estimate of drug-likeness (QED) is 0.674. The predicted molar refractivity (Wildman–Crippen MR) is 84.0 cm³/mol. The van der Waals surface area contributed by atoms with Gasteiger partial charge in [0.2, 0.25) is 0 Å². The molecule has 2 aromatic heterocycles. The molecule has 0 unspecified atom stereocenters. The molecule has 102 valence electrons.